The lowest BCUT2D eigenvalue weighted by Gasteiger charge is -2.03. The topological polar surface area (TPSA) is 44.1 Å². The van der Waals surface area contributed by atoms with Gasteiger partial charge in [-0.2, -0.15) is 5.10 Å². The van der Waals surface area contributed by atoms with Crippen molar-refractivity contribution >= 4 is 17.2 Å². The Morgan fingerprint density at radius 2 is 2.29 bits per heavy atom. The van der Waals surface area contributed by atoms with E-state index in [0.717, 1.165) is 17.2 Å². The standard InChI is InChI=1S/C10H10N2O2/c1-12-9-3-8(6-13)10(14-2)4-7(9)5-11-12/h3-6H,1-2H3. The summed E-state index contributed by atoms with van der Waals surface area (Å²) in [4.78, 5) is 10.8. The molecule has 4 heteroatoms. The van der Waals surface area contributed by atoms with Crippen LogP contribution >= 0.6 is 0 Å². The maximum absolute atomic E-state index is 10.8. The molecule has 0 aliphatic rings. The second-order valence-electron chi connectivity index (χ2n) is 3.04. The molecule has 2 aromatic rings. The molecular formula is C10H10N2O2. The summed E-state index contributed by atoms with van der Waals surface area (Å²) in [5, 5.41) is 5.06. The van der Waals surface area contributed by atoms with Gasteiger partial charge in [-0.15, -0.1) is 0 Å². The molecule has 0 amide bonds. The number of aryl methyl sites for hydroxylation is 1. The second-order valence-corrected chi connectivity index (χ2v) is 3.04. The summed E-state index contributed by atoms with van der Waals surface area (Å²) in [5.41, 5.74) is 1.47. The Labute approximate surface area is 81.1 Å². The van der Waals surface area contributed by atoms with E-state index in [2.05, 4.69) is 5.10 Å². The maximum Gasteiger partial charge on any atom is 0.153 e. The van der Waals surface area contributed by atoms with Gasteiger partial charge in [-0.1, -0.05) is 0 Å². The van der Waals surface area contributed by atoms with E-state index in [-0.39, 0.29) is 0 Å². The number of hydrogen-bond donors (Lipinski definition) is 0. The predicted octanol–water partition coefficient (Wildman–Crippen LogP) is 1.39. The van der Waals surface area contributed by atoms with Crippen molar-refractivity contribution in [3.63, 3.8) is 0 Å². The number of fused-ring (bicyclic) bond motifs is 1. The van der Waals surface area contributed by atoms with Gasteiger partial charge in [0.2, 0.25) is 0 Å². The summed E-state index contributed by atoms with van der Waals surface area (Å²) >= 11 is 0. The Hall–Kier alpha value is -1.84. The van der Waals surface area contributed by atoms with E-state index in [4.69, 9.17) is 4.74 Å². The van der Waals surface area contributed by atoms with Crippen molar-refractivity contribution in [1.82, 2.24) is 9.78 Å². The first kappa shape index (κ1) is 8.74. The molecule has 1 heterocycles. The Morgan fingerprint density at radius 1 is 1.50 bits per heavy atom. The number of nitrogens with zero attached hydrogens (tertiary/aromatic N) is 2. The predicted molar refractivity (Wildman–Crippen MR) is 52.7 cm³/mol. The van der Waals surface area contributed by atoms with Crippen LogP contribution in [0.3, 0.4) is 0 Å². The number of ether oxygens (including phenoxy) is 1. The van der Waals surface area contributed by atoms with E-state index >= 15 is 0 Å². The quantitative estimate of drug-likeness (QED) is 0.672. The van der Waals surface area contributed by atoms with Crippen LogP contribution in [-0.2, 0) is 7.05 Å². The first-order valence-electron chi connectivity index (χ1n) is 4.21. The zero-order valence-electron chi connectivity index (χ0n) is 8.02. The number of carbonyl (C=O) groups excluding carboxylic acids is 1. The van der Waals surface area contributed by atoms with Crippen LogP contribution in [0.5, 0.6) is 5.75 Å². The van der Waals surface area contributed by atoms with E-state index in [9.17, 15) is 4.79 Å². The van der Waals surface area contributed by atoms with Crippen LogP contribution in [0.1, 0.15) is 10.4 Å². The molecule has 1 aromatic carbocycles. The lowest BCUT2D eigenvalue weighted by molar-refractivity contribution is 0.112. The zero-order chi connectivity index (χ0) is 10.1. The molecule has 72 valence electrons. The molecule has 0 unspecified atom stereocenters. The molecule has 0 aliphatic heterocycles. The minimum atomic E-state index is 0.545. The minimum Gasteiger partial charge on any atom is -0.496 e. The third kappa shape index (κ3) is 1.16. The third-order valence-electron chi connectivity index (χ3n) is 2.22. The molecule has 0 saturated carbocycles. The average Bonchev–Trinajstić information content (AvgIpc) is 2.58. The summed E-state index contributed by atoms with van der Waals surface area (Å²) in [6.07, 6.45) is 2.53. The van der Waals surface area contributed by atoms with Gasteiger partial charge in [-0.3, -0.25) is 9.48 Å². The number of aromatic nitrogens is 2. The summed E-state index contributed by atoms with van der Waals surface area (Å²) in [6, 6.07) is 3.58. The molecule has 14 heavy (non-hydrogen) atoms. The van der Waals surface area contributed by atoms with Crippen molar-refractivity contribution < 1.29 is 9.53 Å². The Bertz CT molecular complexity index is 488. The van der Waals surface area contributed by atoms with Gasteiger partial charge in [-0.05, 0) is 12.1 Å². The fourth-order valence-corrected chi connectivity index (χ4v) is 1.46. The largest absolute Gasteiger partial charge is 0.496 e. The van der Waals surface area contributed by atoms with Crippen molar-refractivity contribution in [2.45, 2.75) is 0 Å². The van der Waals surface area contributed by atoms with Gasteiger partial charge in [0.15, 0.2) is 6.29 Å². The monoisotopic (exact) mass is 190 g/mol. The van der Waals surface area contributed by atoms with E-state index in [1.807, 2.05) is 13.1 Å². The molecule has 0 fully saturated rings. The first-order chi connectivity index (χ1) is 6.76. The number of aldehydes is 1. The SMILES string of the molecule is COc1cc2cnn(C)c2cc1C=O. The molecule has 0 radical (unpaired) electrons. The molecule has 0 atom stereocenters. The van der Waals surface area contributed by atoms with E-state index in [1.165, 1.54) is 0 Å². The van der Waals surface area contributed by atoms with Crippen LogP contribution in [-0.4, -0.2) is 23.2 Å². The van der Waals surface area contributed by atoms with Crippen molar-refractivity contribution in [2.24, 2.45) is 7.05 Å². The lowest BCUT2D eigenvalue weighted by Crippen LogP contribution is -1.93. The highest BCUT2D eigenvalue weighted by molar-refractivity contribution is 5.90. The number of rotatable bonds is 2. The Kier molecular flexibility index (Phi) is 1.96. The van der Waals surface area contributed by atoms with Gasteiger partial charge < -0.3 is 4.74 Å². The van der Waals surface area contributed by atoms with Crippen molar-refractivity contribution in [2.75, 3.05) is 7.11 Å². The van der Waals surface area contributed by atoms with Crippen molar-refractivity contribution in [3.8, 4) is 5.75 Å². The molecule has 0 aliphatic carbocycles. The molecule has 0 bridgehead atoms. The van der Waals surface area contributed by atoms with Crippen LogP contribution < -0.4 is 4.74 Å². The van der Waals surface area contributed by atoms with Gasteiger partial charge in [-0.25, -0.2) is 0 Å². The minimum absolute atomic E-state index is 0.545. The Balaban J connectivity index is 2.77. The molecule has 0 saturated heterocycles. The third-order valence-corrected chi connectivity index (χ3v) is 2.22. The van der Waals surface area contributed by atoms with Crippen molar-refractivity contribution in [3.05, 3.63) is 23.9 Å². The molecule has 4 nitrogen and oxygen atoms in total. The first-order valence-corrected chi connectivity index (χ1v) is 4.21. The van der Waals surface area contributed by atoms with Crippen LogP contribution in [0, 0.1) is 0 Å². The van der Waals surface area contributed by atoms with E-state index in [0.29, 0.717) is 11.3 Å². The highest BCUT2D eigenvalue weighted by Crippen LogP contribution is 2.23. The fraction of sp³-hybridized carbons (Fsp3) is 0.200. The highest BCUT2D eigenvalue weighted by Gasteiger charge is 2.06. The number of carbonyl (C=O) groups is 1. The van der Waals surface area contributed by atoms with E-state index in [1.54, 1.807) is 24.1 Å². The van der Waals surface area contributed by atoms with Crippen LogP contribution in [0.2, 0.25) is 0 Å². The maximum atomic E-state index is 10.8. The second kappa shape index (κ2) is 3.14. The smallest absolute Gasteiger partial charge is 0.153 e. The molecule has 0 spiro atoms. The molecule has 1 aromatic heterocycles. The van der Waals surface area contributed by atoms with Gasteiger partial charge in [0.1, 0.15) is 5.75 Å². The van der Waals surface area contributed by atoms with Gasteiger partial charge in [0.05, 0.1) is 24.4 Å². The Morgan fingerprint density at radius 3 is 2.93 bits per heavy atom. The van der Waals surface area contributed by atoms with Gasteiger partial charge >= 0.3 is 0 Å². The lowest BCUT2D eigenvalue weighted by atomic mass is 10.1. The molecule has 2 rings (SSSR count). The number of methoxy groups -OCH3 is 1. The number of hydrogen-bond acceptors (Lipinski definition) is 3. The van der Waals surface area contributed by atoms with Gasteiger partial charge in [0.25, 0.3) is 0 Å². The zero-order valence-corrected chi connectivity index (χ0v) is 8.02. The number of benzene rings is 1. The summed E-state index contributed by atoms with van der Waals surface area (Å²) in [7, 11) is 3.38. The van der Waals surface area contributed by atoms with Crippen LogP contribution in [0.4, 0.5) is 0 Å². The van der Waals surface area contributed by atoms with Crippen LogP contribution in [0.25, 0.3) is 10.9 Å². The summed E-state index contributed by atoms with van der Waals surface area (Å²) < 4.78 is 6.81. The highest BCUT2D eigenvalue weighted by atomic mass is 16.5. The molecule has 0 N–H and O–H groups in total. The summed E-state index contributed by atoms with van der Waals surface area (Å²) in [6.45, 7) is 0. The molecular weight excluding hydrogens is 180 g/mol. The van der Waals surface area contributed by atoms with E-state index < -0.39 is 0 Å². The van der Waals surface area contributed by atoms with Gasteiger partial charge in [0, 0.05) is 12.4 Å². The normalized spacial score (nSPS) is 10.4. The average molecular weight is 190 g/mol. The van der Waals surface area contributed by atoms with Crippen molar-refractivity contribution in [1.29, 1.82) is 0 Å². The fourth-order valence-electron chi connectivity index (χ4n) is 1.46. The summed E-state index contributed by atoms with van der Waals surface area (Å²) in [5.74, 6) is 0.584. The van der Waals surface area contributed by atoms with Crippen LogP contribution in [0.15, 0.2) is 18.3 Å².